The van der Waals surface area contributed by atoms with Crippen molar-refractivity contribution in [3.63, 3.8) is 0 Å². The van der Waals surface area contributed by atoms with Crippen molar-refractivity contribution in [3.8, 4) is 11.5 Å². The Balaban J connectivity index is 1.81. The molecule has 7 heteroatoms. The van der Waals surface area contributed by atoms with E-state index in [0.29, 0.717) is 24.5 Å². The number of rotatable bonds is 11. The van der Waals surface area contributed by atoms with E-state index in [1.54, 1.807) is 24.1 Å². The number of carboxylic acid groups (broad SMARTS) is 1. The minimum Gasteiger partial charge on any atom is -0.497 e. The van der Waals surface area contributed by atoms with Crippen LogP contribution in [0.3, 0.4) is 0 Å². The van der Waals surface area contributed by atoms with Crippen LogP contribution in [0.2, 0.25) is 0 Å². The quantitative estimate of drug-likeness (QED) is 0.422. The first-order valence-corrected chi connectivity index (χ1v) is 10.5. The Bertz CT molecular complexity index is 1040. The summed E-state index contributed by atoms with van der Waals surface area (Å²) in [4.78, 5) is 12.6. The highest BCUT2D eigenvalue weighted by atomic mass is 19.3. The fraction of sp³-hybridized carbons (Fsp3) is 0.269. The average molecular weight is 456 g/mol. The van der Waals surface area contributed by atoms with Gasteiger partial charge in [-0.3, -0.25) is 9.69 Å². The van der Waals surface area contributed by atoms with E-state index in [9.17, 15) is 4.79 Å². The second-order valence-electron chi connectivity index (χ2n) is 7.77. The first kappa shape index (κ1) is 24.2. The standard InChI is InChI=1S/C26H27F2NO4/c1-29(18-25(30)31)16-15-24(19-7-4-3-5-8-19)33-23-10-6-9-21(17-23)26(27,28)20-11-13-22(32-2)14-12-20/h3-14,17,24H,15-16,18H2,1-2H3,(H,30,31). The summed E-state index contributed by atoms with van der Waals surface area (Å²) in [6.45, 7) is 0.374. The molecule has 5 nitrogen and oxygen atoms in total. The van der Waals surface area contributed by atoms with Gasteiger partial charge in [-0.25, -0.2) is 0 Å². The molecule has 0 aliphatic carbocycles. The molecule has 0 saturated heterocycles. The summed E-state index contributed by atoms with van der Waals surface area (Å²) >= 11 is 0. The molecule has 0 heterocycles. The summed E-state index contributed by atoms with van der Waals surface area (Å²) in [5.41, 5.74) is 0.559. The molecule has 3 rings (SSSR count). The first-order valence-electron chi connectivity index (χ1n) is 10.5. The fourth-order valence-electron chi connectivity index (χ4n) is 3.50. The summed E-state index contributed by atoms with van der Waals surface area (Å²) in [5.74, 6) is -3.31. The number of carbonyl (C=O) groups is 1. The third-order valence-corrected chi connectivity index (χ3v) is 5.28. The van der Waals surface area contributed by atoms with E-state index in [0.717, 1.165) is 5.56 Å². The van der Waals surface area contributed by atoms with Crippen LogP contribution in [0.25, 0.3) is 0 Å². The number of methoxy groups -OCH3 is 1. The van der Waals surface area contributed by atoms with E-state index in [1.165, 1.54) is 43.5 Å². The molecule has 0 spiro atoms. The highest BCUT2D eigenvalue weighted by molar-refractivity contribution is 5.69. The molecule has 1 atom stereocenters. The van der Waals surface area contributed by atoms with Gasteiger partial charge in [-0.05, 0) is 49.0 Å². The molecule has 0 amide bonds. The Morgan fingerprint density at radius 2 is 1.67 bits per heavy atom. The van der Waals surface area contributed by atoms with E-state index in [2.05, 4.69) is 0 Å². The Kier molecular flexibility index (Phi) is 8.01. The van der Waals surface area contributed by atoms with E-state index in [4.69, 9.17) is 14.6 Å². The normalized spacial score (nSPS) is 12.4. The molecule has 174 valence electrons. The molecule has 0 radical (unpaired) electrons. The molecule has 0 bridgehead atoms. The Morgan fingerprint density at radius 1 is 0.970 bits per heavy atom. The average Bonchev–Trinajstić information content (AvgIpc) is 2.82. The second kappa shape index (κ2) is 10.9. The number of carboxylic acids is 1. The van der Waals surface area contributed by atoms with Crippen molar-refractivity contribution in [1.29, 1.82) is 0 Å². The lowest BCUT2D eigenvalue weighted by molar-refractivity contribution is -0.138. The van der Waals surface area contributed by atoms with Crippen molar-refractivity contribution < 1.29 is 28.2 Å². The molecule has 0 aliphatic rings. The van der Waals surface area contributed by atoms with E-state index in [-0.39, 0.29) is 17.7 Å². The van der Waals surface area contributed by atoms with Gasteiger partial charge in [0.05, 0.1) is 13.7 Å². The number of ether oxygens (including phenoxy) is 2. The van der Waals surface area contributed by atoms with Crippen LogP contribution in [0.5, 0.6) is 11.5 Å². The molecule has 0 fully saturated rings. The third kappa shape index (κ3) is 6.52. The van der Waals surface area contributed by atoms with Crippen LogP contribution in [0.4, 0.5) is 8.78 Å². The number of hydrogen-bond donors (Lipinski definition) is 1. The van der Waals surface area contributed by atoms with Gasteiger partial charge in [0.15, 0.2) is 0 Å². The number of alkyl halides is 2. The molecule has 0 saturated carbocycles. The molecular formula is C26H27F2NO4. The molecular weight excluding hydrogens is 428 g/mol. The summed E-state index contributed by atoms with van der Waals surface area (Å²) < 4.78 is 41.6. The largest absolute Gasteiger partial charge is 0.497 e. The SMILES string of the molecule is COc1ccc(C(F)(F)c2cccc(OC(CCN(C)CC(=O)O)c3ccccc3)c2)cc1. The van der Waals surface area contributed by atoms with Crippen LogP contribution in [-0.4, -0.2) is 43.2 Å². The summed E-state index contributed by atoms with van der Waals surface area (Å²) in [6.07, 6.45) is 0.0692. The van der Waals surface area contributed by atoms with Crippen molar-refractivity contribution in [1.82, 2.24) is 4.90 Å². The van der Waals surface area contributed by atoms with E-state index < -0.39 is 18.0 Å². The number of aliphatic carboxylic acids is 1. The van der Waals surface area contributed by atoms with E-state index in [1.807, 2.05) is 30.3 Å². The highest BCUT2D eigenvalue weighted by Gasteiger charge is 2.34. The maximum absolute atomic E-state index is 15.2. The van der Waals surface area contributed by atoms with Crippen LogP contribution in [-0.2, 0) is 10.7 Å². The van der Waals surface area contributed by atoms with Gasteiger partial charge in [0.25, 0.3) is 5.92 Å². The zero-order chi connectivity index (χ0) is 23.8. The molecule has 3 aromatic rings. The fourth-order valence-corrected chi connectivity index (χ4v) is 3.50. The maximum Gasteiger partial charge on any atom is 0.317 e. The molecule has 0 aromatic heterocycles. The minimum absolute atomic E-state index is 0.0922. The lowest BCUT2D eigenvalue weighted by atomic mass is 10.00. The lowest BCUT2D eigenvalue weighted by Gasteiger charge is -2.24. The molecule has 33 heavy (non-hydrogen) atoms. The minimum atomic E-state index is -3.21. The number of halogens is 2. The van der Waals surface area contributed by atoms with Crippen molar-refractivity contribution in [2.45, 2.75) is 18.4 Å². The monoisotopic (exact) mass is 455 g/mol. The van der Waals surface area contributed by atoms with Gasteiger partial charge in [0, 0.05) is 24.1 Å². The van der Waals surface area contributed by atoms with E-state index >= 15 is 8.78 Å². The van der Waals surface area contributed by atoms with Gasteiger partial charge in [-0.15, -0.1) is 0 Å². The van der Waals surface area contributed by atoms with Gasteiger partial charge in [0.1, 0.15) is 17.6 Å². The smallest absolute Gasteiger partial charge is 0.317 e. The summed E-state index contributed by atoms with van der Waals surface area (Å²) in [7, 11) is 3.20. The van der Waals surface area contributed by atoms with Crippen LogP contribution in [0.1, 0.15) is 29.2 Å². The predicted octanol–water partition coefficient (Wildman–Crippen LogP) is 5.36. The third-order valence-electron chi connectivity index (χ3n) is 5.28. The van der Waals surface area contributed by atoms with Crippen LogP contribution in [0, 0.1) is 0 Å². The van der Waals surface area contributed by atoms with Gasteiger partial charge >= 0.3 is 5.97 Å². The Labute approximate surface area is 192 Å². The maximum atomic E-state index is 15.2. The number of nitrogens with zero attached hydrogens (tertiary/aromatic N) is 1. The second-order valence-corrected chi connectivity index (χ2v) is 7.77. The highest BCUT2D eigenvalue weighted by Crippen LogP contribution is 2.38. The first-order chi connectivity index (χ1) is 15.8. The summed E-state index contributed by atoms with van der Waals surface area (Å²) in [5, 5.41) is 8.98. The zero-order valence-electron chi connectivity index (χ0n) is 18.6. The zero-order valence-corrected chi connectivity index (χ0v) is 18.6. The number of benzene rings is 3. The lowest BCUT2D eigenvalue weighted by Crippen LogP contribution is -2.28. The van der Waals surface area contributed by atoms with Gasteiger partial charge < -0.3 is 14.6 Å². The van der Waals surface area contributed by atoms with Crippen molar-refractivity contribution in [3.05, 3.63) is 95.6 Å². The number of likely N-dealkylation sites (N-methyl/N-ethyl adjacent to an activating group) is 1. The molecule has 0 aliphatic heterocycles. The molecule has 3 aromatic carbocycles. The van der Waals surface area contributed by atoms with Gasteiger partial charge in [-0.1, -0.05) is 42.5 Å². The van der Waals surface area contributed by atoms with Crippen LogP contribution >= 0.6 is 0 Å². The molecule has 1 N–H and O–H groups in total. The van der Waals surface area contributed by atoms with Crippen LogP contribution in [0.15, 0.2) is 78.9 Å². The molecule has 1 unspecified atom stereocenters. The van der Waals surface area contributed by atoms with Crippen LogP contribution < -0.4 is 9.47 Å². The summed E-state index contributed by atoms with van der Waals surface area (Å²) in [6, 6.07) is 21.0. The van der Waals surface area contributed by atoms with Crippen molar-refractivity contribution in [2.75, 3.05) is 27.2 Å². The number of hydrogen-bond acceptors (Lipinski definition) is 4. The van der Waals surface area contributed by atoms with Gasteiger partial charge in [0.2, 0.25) is 0 Å². The van der Waals surface area contributed by atoms with Crippen molar-refractivity contribution in [2.24, 2.45) is 0 Å². The van der Waals surface area contributed by atoms with Gasteiger partial charge in [-0.2, -0.15) is 8.78 Å². The Hall–Kier alpha value is -3.45. The Morgan fingerprint density at radius 3 is 2.30 bits per heavy atom. The van der Waals surface area contributed by atoms with Crippen molar-refractivity contribution >= 4 is 5.97 Å². The predicted molar refractivity (Wildman–Crippen MR) is 122 cm³/mol. The topological polar surface area (TPSA) is 59.0 Å².